The third kappa shape index (κ3) is 1.45. The molecule has 6 heteroatoms. The highest BCUT2D eigenvalue weighted by Crippen LogP contribution is 2.45. The van der Waals surface area contributed by atoms with Gasteiger partial charge in [0.1, 0.15) is 0 Å². The fraction of sp³-hybridized carbons (Fsp3) is 0.385. The largest absolute Gasteiger partial charge is 0.346 e. The number of nitrogens with one attached hydrogen (secondary N) is 3. The van der Waals surface area contributed by atoms with Crippen LogP contribution in [0.25, 0.3) is 0 Å². The first-order chi connectivity index (χ1) is 8.95. The Morgan fingerprint density at radius 1 is 1.37 bits per heavy atom. The molecule has 3 N–H and O–H groups in total. The van der Waals surface area contributed by atoms with E-state index in [0.29, 0.717) is 0 Å². The van der Waals surface area contributed by atoms with Gasteiger partial charge < -0.3 is 15.5 Å². The molecule has 2 aliphatic heterocycles. The maximum absolute atomic E-state index is 12.2. The lowest BCUT2D eigenvalue weighted by atomic mass is 9.86. The lowest BCUT2D eigenvalue weighted by molar-refractivity contribution is -0.121. The van der Waals surface area contributed by atoms with Crippen molar-refractivity contribution in [1.29, 1.82) is 5.26 Å². The third-order valence-electron chi connectivity index (χ3n) is 3.82. The predicted molar refractivity (Wildman–Crippen MR) is 72.7 cm³/mol. The normalized spacial score (nSPS) is 22.1. The number of nitrogens with zero attached hydrogens (tertiary/aromatic N) is 2. The zero-order valence-corrected chi connectivity index (χ0v) is 11.0. The highest BCUT2D eigenvalue weighted by Gasteiger charge is 2.43. The van der Waals surface area contributed by atoms with Gasteiger partial charge in [0.05, 0.1) is 16.8 Å². The Balaban J connectivity index is 2.06. The Kier molecular flexibility index (Phi) is 2.17. The van der Waals surface area contributed by atoms with Crippen molar-refractivity contribution < 1.29 is 4.79 Å². The number of amides is 1. The highest BCUT2D eigenvalue weighted by molar-refractivity contribution is 6.08. The molecule has 0 radical (unpaired) electrons. The maximum atomic E-state index is 12.2. The van der Waals surface area contributed by atoms with Crippen LogP contribution in [0.15, 0.2) is 12.1 Å². The van der Waals surface area contributed by atoms with Gasteiger partial charge in [-0.2, -0.15) is 5.26 Å². The number of hydrogen-bond donors (Lipinski definition) is 3. The van der Waals surface area contributed by atoms with Crippen molar-refractivity contribution in [3.05, 3.63) is 17.7 Å². The van der Waals surface area contributed by atoms with Crippen molar-refractivity contribution in [1.82, 2.24) is 5.32 Å². The molecule has 1 amide bonds. The third-order valence-corrected chi connectivity index (χ3v) is 3.82. The first-order valence-corrected chi connectivity index (χ1v) is 6.09. The molecular weight excluding hydrogens is 242 g/mol. The minimum absolute atomic E-state index is 0.0953. The number of rotatable bonds is 1. The van der Waals surface area contributed by atoms with Crippen molar-refractivity contribution in [2.75, 3.05) is 22.6 Å². The fourth-order valence-electron chi connectivity index (χ4n) is 2.73. The second-order valence-corrected chi connectivity index (χ2v) is 5.38. The van der Waals surface area contributed by atoms with Gasteiger partial charge in [-0.1, -0.05) is 0 Å². The lowest BCUT2D eigenvalue weighted by Gasteiger charge is -2.16. The van der Waals surface area contributed by atoms with Gasteiger partial charge in [0, 0.05) is 12.7 Å². The average molecular weight is 257 g/mol. The van der Waals surface area contributed by atoms with E-state index in [9.17, 15) is 4.79 Å². The molecule has 0 fully saturated rings. The summed E-state index contributed by atoms with van der Waals surface area (Å²) in [5, 5.41) is 17.6. The van der Waals surface area contributed by atoms with Crippen molar-refractivity contribution >= 4 is 23.0 Å². The smallest absolute Gasteiger partial charge is 0.236 e. The van der Waals surface area contributed by atoms with Crippen LogP contribution in [-0.2, 0) is 10.2 Å². The zero-order valence-electron chi connectivity index (χ0n) is 11.0. The Bertz CT molecular complexity index is 616. The zero-order chi connectivity index (χ0) is 13.8. The Hall–Kier alpha value is -2.42. The van der Waals surface area contributed by atoms with Crippen molar-refractivity contribution in [2.45, 2.75) is 25.6 Å². The van der Waals surface area contributed by atoms with Crippen molar-refractivity contribution in [3.8, 4) is 6.19 Å². The summed E-state index contributed by atoms with van der Waals surface area (Å²) in [4.78, 5) is 13.9. The van der Waals surface area contributed by atoms with Crippen LogP contribution in [-0.4, -0.2) is 19.2 Å². The molecule has 1 unspecified atom stereocenters. The van der Waals surface area contributed by atoms with Crippen LogP contribution in [0.2, 0.25) is 0 Å². The van der Waals surface area contributed by atoms with E-state index in [1.807, 2.05) is 32.2 Å². The number of carbonyl (C=O) groups excluding carboxylic acids is 1. The van der Waals surface area contributed by atoms with E-state index in [1.165, 1.54) is 0 Å². The quantitative estimate of drug-likeness (QED) is 0.519. The number of carbonyl (C=O) groups is 1. The monoisotopic (exact) mass is 257 g/mol. The number of hydrogen-bond acceptors (Lipinski definition) is 5. The van der Waals surface area contributed by atoms with E-state index in [2.05, 4.69) is 16.0 Å². The van der Waals surface area contributed by atoms with Gasteiger partial charge in [0.25, 0.3) is 0 Å². The number of nitriles is 1. The molecule has 6 nitrogen and oxygen atoms in total. The molecule has 2 aliphatic rings. The van der Waals surface area contributed by atoms with Crippen molar-refractivity contribution in [2.24, 2.45) is 0 Å². The summed E-state index contributed by atoms with van der Waals surface area (Å²) < 4.78 is 0. The molecule has 0 aromatic heterocycles. The van der Waals surface area contributed by atoms with Crippen LogP contribution >= 0.6 is 0 Å². The van der Waals surface area contributed by atoms with Crippen LogP contribution < -0.4 is 20.9 Å². The van der Waals surface area contributed by atoms with E-state index in [1.54, 1.807) is 11.9 Å². The molecule has 0 aliphatic carbocycles. The molecule has 0 spiro atoms. The Labute approximate surface area is 111 Å². The summed E-state index contributed by atoms with van der Waals surface area (Å²) in [6, 6.07) is 3.93. The number of anilines is 3. The van der Waals surface area contributed by atoms with E-state index < -0.39 is 5.41 Å². The predicted octanol–water partition coefficient (Wildman–Crippen LogP) is 1.13. The van der Waals surface area contributed by atoms with Crippen LogP contribution in [0.5, 0.6) is 0 Å². The van der Waals surface area contributed by atoms with Gasteiger partial charge in [-0.25, -0.2) is 0 Å². The molecule has 2 heterocycles. The summed E-state index contributed by atoms with van der Waals surface area (Å²) in [6.45, 7) is 3.86. The van der Waals surface area contributed by atoms with Crippen molar-refractivity contribution in [3.63, 3.8) is 0 Å². The summed E-state index contributed by atoms with van der Waals surface area (Å²) in [5.41, 5.74) is 3.21. The van der Waals surface area contributed by atoms with Crippen LogP contribution in [0.4, 0.5) is 17.1 Å². The SMILES string of the molecule is CN1C(=O)C(C)(C)c2cc3c(cc21)NC(NC#N)N3. The van der Waals surface area contributed by atoms with Gasteiger partial charge in [-0.3, -0.25) is 10.1 Å². The van der Waals surface area contributed by atoms with Gasteiger partial charge in [0.15, 0.2) is 12.5 Å². The molecular formula is C13H15N5O. The topological polar surface area (TPSA) is 80.2 Å². The summed E-state index contributed by atoms with van der Waals surface area (Å²) in [6.07, 6.45) is 1.59. The lowest BCUT2D eigenvalue weighted by Crippen LogP contribution is -2.35. The van der Waals surface area contributed by atoms with E-state index in [4.69, 9.17) is 5.26 Å². The highest BCUT2D eigenvalue weighted by atomic mass is 16.2. The molecule has 19 heavy (non-hydrogen) atoms. The van der Waals surface area contributed by atoms with E-state index in [-0.39, 0.29) is 12.2 Å². The molecule has 1 atom stereocenters. The fourth-order valence-corrected chi connectivity index (χ4v) is 2.73. The van der Waals surface area contributed by atoms with E-state index >= 15 is 0 Å². The number of likely N-dealkylation sites (N-methyl/N-ethyl adjacent to an activating group) is 1. The summed E-state index contributed by atoms with van der Waals surface area (Å²) in [5.74, 6) is 0.0953. The molecule has 3 rings (SSSR count). The molecule has 1 aromatic rings. The van der Waals surface area contributed by atoms with Gasteiger partial charge >= 0.3 is 0 Å². The van der Waals surface area contributed by atoms with Crippen LogP contribution in [0.1, 0.15) is 19.4 Å². The molecule has 0 saturated heterocycles. The maximum Gasteiger partial charge on any atom is 0.236 e. The van der Waals surface area contributed by atoms with Gasteiger partial charge in [-0.15, -0.1) is 0 Å². The first-order valence-electron chi connectivity index (χ1n) is 6.09. The standard InChI is InChI=1S/C13H15N5O/c1-13(2)7-4-8-9(17-12(16-8)15-6-14)5-10(7)18(3)11(13)19/h4-5,12,15-17H,1-3H3. The minimum Gasteiger partial charge on any atom is -0.346 e. The second-order valence-electron chi connectivity index (χ2n) is 5.38. The first kappa shape index (κ1) is 11.7. The number of fused-ring (bicyclic) bond motifs is 2. The Morgan fingerprint density at radius 2 is 2.00 bits per heavy atom. The van der Waals surface area contributed by atoms with Gasteiger partial charge in [0.2, 0.25) is 5.91 Å². The van der Waals surface area contributed by atoms with Crippen LogP contribution in [0.3, 0.4) is 0 Å². The van der Waals surface area contributed by atoms with Crippen LogP contribution in [0, 0.1) is 11.5 Å². The average Bonchev–Trinajstić information content (AvgIpc) is 2.82. The van der Waals surface area contributed by atoms with Gasteiger partial charge in [-0.05, 0) is 31.5 Å². The molecule has 0 bridgehead atoms. The molecule has 0 saturated carbocycles. The molecule has 1 aromatic carbocycles. The second kappa shape index (κ2) is 3.54. The summed E-state index contributed by atoms with van der Waals surface area (Å²) in [7, 11) is 1.79. The minimum atomic E-state index is -0.512. The Morgan fingerprint density at radius 3 is 2.63 bits per heavy atom. The summed E-state index contributed by atoms with van der Waals surface area (Å²) >= 11 is 0. The van der Waals surface area contributed by atoms with E-state index in [0.717, 1.165) is 22.6 Å². The molecule has 98 valence electrons. The number of benzene rings is 1.